The van der Waals surface area contributed by atoms with Crippen molar-refractivity contribution in [3.05, 3.63) is 34.9 Å². The summed E-state index contributed by atoms with van der Waals surface area (Å²) in [4.78, 5) is 15.6. The van der Waals surface area contributed by atoms with Gasteiger partial charge in [-0.2, -0.15) is 0 Å². The van der Waals surface area contributed by atoms with Gasteiger partial charge in [0.15, 0.2) is 0 Å². The second-order valence-electron chi connectivity index (χ2n) is 4.59. The molecule has 1 heterocycles. The molecule has 1 aliphatic heterocycles. The van der Waals surface area contributed by atoms with Gasteiger partial charge in [0.25, 0.3) is 0 Å². The predicted molar refractivity (Wildman–Crippen MR) is 72.5 cm³/mol. The molecule has 2 N–H and O–H groups in total. The Morgan fingerprint density at radius 2 is 2.00 bits per heavy atom. The molecule has 1 aromatic carbocycles. The maximum absolute atomic E-state index is 11.7. The lowest BCUT2D eigenvalue weighted by Gasteiger charge is -2.37. The lowest BCUT2D eigenvalue weighted by Crippen LogP contribution is -2.50. The number of nitrogens with two attached hydrogens (primary N) is 1. The van der Waals surface area contributed by atoms with Crippen molar-refractivity contribution in [2.75, 3.05) is 33.2 Å². The van der Waals surface area contributed by atoms with Crippen LogP contribution in [0, 0.1) is 0 Å². The Bertz CT molecular complexity index is 421. The Morgan fingerprint density at radius 1 is 1.33 bits per heavy atom. The number of benzene rings is 1. The molecule has 2 rings (SSSR count). The van der Waals surface area contributed by atoms with E-state index in [0.29, 0.717) is 18.1 Å². The van der Waals surface area contributed by atoms with Crippen LogP contribution in [0.2, 0.25) is 5.02 Å². The van der Waals surface area contributed by atoms with Crippen molar-refractivity contribution in [1.82, 2.24) is 9.80 Å². The van der Waals surface area contributed by atoms with Gasteiger partial charge in [0.1, 0.15) is 0 Å². The molecule has 1 amide bonds. The number of carbonyl (C=O) groups is 1. The second kappa shape index (κ2) is 5.69. The van der Waals surface area contributed by atoms with Crippen LogP contribution in [-0.2, 0) is 4.79 Å². The highest BCUT2D eigenvalue weighted by atomic mass is 35.5. The van der Waals surface area contributed by atoms with E-state index < -0.39 is 0 Å². The molecule has 0 aromatic heterocycles. The number of rotatable bonds is 3. The van der Waals surface area contributed by atoms with E-state index in [2.05, 4.69) is 4.90 Å². The van der Waals surface area contributed by atoms with Gasteiger partial charge in [0.2, 0.25) is 5.91 Å². The summed E-state index contributed by atoms with van der Waals surface area (Å²) in [5.74, 6) is 0.147. The number of piperazine rings is 1. The molecule has 0 radical (unpaired) electrons. The molecule has 1 unspecified atom stereocenters. The molecule has 98 valence electrons. The minimum absolute atomic E-state index is 0.0833. The van der Waals surface area contributed by atoms with E-state index in [9.17, 15) is 4.79 Å². The average molecular weight is 268 g/mol. The van der Waals surface area contributed by atoms with Gasteiger partial charge in [-0.15, -0.1) is 0 Å². The van der Waals surface area contributed by atoms with Crippen molar-refractivity contribution in [3.63, 3.8) is 0 Å². The molecular formula is C13H18ClN3O. The minimum Gasteiger partial charge on any atom is -0.343 e. The maximum atomic E-state index is 11.7. The Labute approximate surface area is 112 Å². The normalized spacial score (nSPS) is 19.1. The van der Waals surface area contributed by atoms with E-state index in [1.54, 1.807) is 4.90 Å². The van der Waals surface area contributed by atoms with Crippen molar-refractivity contribution < 1.29 is 4.79 Å². The predicted octanol–water partition coefficient (Wildman–Crippen LogP) is 1.11. The fraction of sp³-hybridized carbons (Fsp3) is 0.462. The first-order valence-corrected chi connectivity index (χ1v) is 6.43. The van der Waals surface area contributed by atoms with Crippen molar-refractivity contribution in [3.8, 4) is 0 Å². The molecule has 4 nitrogen and oxygen atoms in total. The van der Waals surface area contributed by atoms with Crippen molar-refractivity contribution in [1.29, 1.82) is 0 Å². The quantitative estimate of drug-likeness (QED) is 0.893. The zero-order valence-electron chi connectivity index (χ0n) is 10.5. The molecule has 0 spiro atoms. The molecule has 18 heavy (non-hydrogen) atoms. The van der Waals surface area contributed by atoms with Crippen LogP contribution in [0.4, 0.5) is 0 Å². The summed E-state index contributed by atoms with van der Waals surface area (Å²) in [6.07, 6.45) is 0. The first-order chi connectivity index (χ1) is 8.61. The lowest BCUT2D eigenvalue weighted by atomic mass is 10.0. The molecule has 1 saturated heterocycles. The fourth-order valence-corrected chi connectivity index (χ4v) is 2.35. The highest BCUT2D eigenvalue weighted by Crippen LogP contribution is 2.22. The van der Waals surface area contributed by atoms with Crippen molar-refractivity contribution in [2.45, 2.75) is 6.04 Å². The third kappa shape index (κ3) is 2.83. The van der Waals surface area contributed by atoms with Gasteiger partial charge in [0.05, 0.1) is 6.54 Å². The van der Waals surface area contributed by atoms with Crippen LogP contribution in [0.3, 0.4) is 0 Å². The SMILES string of the molecule is CN1CCN(C(CN)c2ccc(Cl)cc2)CC1=O. The van der Waals surface area contributed by atoms with Gasteiger partial charge in [-0.3, -0.25) is 9.69 Å². The lowest BCUT2D eigenvalue weighted by molar-refractivity contribution is -0.135. The zero-order chi connectivity index (χ0) is 13.1. The summed E-state index contributed by atoms with van der Waals surface area (Å²) in [7, 11) is 1.83. The van der Waals surface area contributed by atoms with Gasteiger partial charge < -0.3 is 10.6 Å². The number of hydrogen-bond donors (Lipinski definition) is 1. The molecular weight excluding hydrogens is 250 g/mol. The smallest absolute Gasteiger partial charge is 0.236 e. The summed E-state index contributed by atoms with van der Waals surface area (Å²) >= 11 is 5.88. The van der Waals surface area contributed by atoms with Crippen LogP contribution in [0.25, 0.3) is 0 Å². The van der Waals surface area contributed by atoms with Gasteiger partial charge in [-0.1, -0.05) is 23.7 Å². The molecule has 1 fully saturated rings. The number of amides is 1. The van der Waals surface area contributed by atoms with Crippen LogP contribution in [-0.4, -0.2) is 48.9 Å². The van der Waals surface area contributed by atoms with E-state index in [4.69, 9.17) is 17.3 Å². The highest BCUT2D eigenvalue weighted by Gasteiger charge is 2.27. The number of likely N-dealkylation sites (N-methyl/N-ethyl adjacent to an activating group) is 1. The Balaban J connectivity index is 2.13. The van der Waals surface area contributed by atoms with E-state index >= 15 is 0 Å². The van der Waals surface area contributed by atoms with Crippen LogP contribution < -0.4 is 5.73 Å². The number of carbonyl (C=O) groups excluding carboxylic acids is 1. The highest BCUT2D eigenvalue weighted by molar-refractivity contribution is 6.30. The average Bonchev–Trinajstić information content (AvgIpc) is 2.37. The van der Waals surface area contributed by atoms with Crippen molar-refractivity contribution in [2.24, 2.45) is 5.73 Å². The molecule has 0 aliphatic carbocycles. The van der Waals surface area contributed by atoms with Crippen LogP contribution in [0.1, 0.15) is 11.6 Å². The van der Waals surface area contributed by atoms with Crippen LogP contribution >= 0.6 is 11.6 Å². The molecule has 1 aromatic rings. The first kappa shape index (κ1) is 13.3. The topological polar surface area (TPSA) is 49.6 Å². The second-order valence-corrected chi connectivity index (χ2v) is 5.03. The summed E-state index contributed by atoms with van der Waals surface area (Å²) in [6.45, 7) is 2.54. The summed E-state index contributed by atoms with van der Waals surface area (Å²) in [5, 5.41) is 0.712. The summed E-state index contributed by atoms with van der Waals surface area (Å²) in [5.41, 5.74) is 6.96. The largest absolute Gasteiger partial charge is 0.343 e. The third-order valence-corrected chi connectivity index (χ3v) is 3.66. The fourth-order valence-electron chi connectivity index (χ4n) is 2.22. The standard InChI is InChI=1S/C13H18ClN3O/c1-16-6-7-17(9-13(16)18)12(8-15)10-2-4-11(14)5-3-10/h2-5,12H,6-9,15H2,1H3. The van der Waals surface area contributed by atoms with E-state index in [1.807, 2.05) is 31.3 Å². The Morgan fingerprint density at radius 3 is 2.56 bits per heavy atom. The van der Waals surface area contributed by atoms with Crippen LogP contribution in [0.15, 0.2) is 24.3 Å². The molecule has 5 heteroatoms. The molecule has 1 atom stereocenters. The third-order valence-electron chi connectivity index (χ3n) is 3.41. The van der Waals surface area contributed by atoms with Crippen LogP contribution in [0.5, 0.6) is 0 Å². The number of hydrogen-bond acceptors (Lipinski definition) is 3. The van der Waals surface area contributed by atoms with E-state index in [0.717, 1.165) is 18.7 Å². The number of nitrogens with zero attached hydrogens (tertiary/aromatic N) is 2. The van der Waals surface area contributed by atoms with E-state index in [-0.39, 0.29) is 11.9 Å². The monoisotopic (exact) mass is 267 g/mol. The van der Waals surface area contributed by atoms with Gasteiger partial charge in [-0.05, 0) is 17.7 Å². The maximum Gasteiger partial charge on any atom is 0.236 e. The minimum atomic E-state index is 0.0833. The van der Waals surface area contributed by atoms with Gasteiger partial charge in [0, 0.05) is 37.7 Å². The molecule has 0 bridgehead atoms. The Hall–Kier alpha value is -1.10. The number of halogens is 1. The first-order valence-electron chi connectivity index (χ1n) is 6.05. The molecule has 1 aliphatic rings. The van der Waals surface area contributed by atoms with Gasteiger partial charge in [-0.25, -0.2) is 0 Å². The Kier molecular flexibility index (Phi) is 4.22. The summed E-state index contributed by atoms with van der Waals surface area (Å²) < 4.78 is 0. The van der Waals surface area contributed by atoms with Crippen molar-refractivity contribution >= 4 is 17.5 Å². The van der Waals surface area contributed by atoms with E-state index in [1.165, 1.54) is 0 Å². The summed E-state index contributed by atoms with van der Waals surface area (Å²) in [6, 6.07) is 7.75. The molecule has 0 saturated carbocycles. The van der Waals surface area contributed by atoms with Gasteiger partial charge >= 0.3 is 0 Å². The zero-order valence-corrected chi connectivity index (χ0v) is 11.2.